The quantitative estimate of drug-likeness (QED) is 0.431. The molecule has 4 rings (SSSR count). The highest BCUT2D eigenvalue weighted by molar-refractivity contribution is 9.10. The number of pyridine rings is 1. The van der Waals surface area contributed by atoms with Gasteiger partial charge in [0, 0.05) is 45.6 Å². The molecule has 0 fully saturated rings. The molecule has 0 bridgehead atoms. The number of aryl methyl sites for hydroxylation is 1. The van der Waals surface area contributed by atoms with Crippen molar-refractivity contribution in [3.63, 3.8) is 0 Å². The van der Waals surface area contributed by atoms with E-state index in [4.69, 9.17) is 4.74 Å². The highest BCUT2D eigenvalue weighted by Crippen LogP contribution is 2.33. The van der Waals surface area contributed by atoms with E-state index in [1.54, 1.807) is 12.1 Å². The van der Waals surface area contributed by atoms with Gasteiger partial charge < -0.3 is 9.30 Å². The van der Waals surface area contributed by atoms with Crippen molar-refractivity contribution in [2.24, 2.45) is 7.05 Å². The number of halogens is 2. The number of carbonyl (C=O) groups is 1. The van der Waals surface area contributed by atoms with Crippen LogP contribution in [0.2, 0.25) is 0 Å². The Labute approximate surface area is 157 Å². The summed E-state index contributed by atoms with van der Waals surface area (Å²) in [5, 5.41) is 1.55. The Morgan fingerprint density at radius 2 is 1.96 bits per heavy atom. The van der Waals surface area contributed by atoms with Crippen molar-refractivity contribution >= 4 is 43.7 Å². The molecule has 0 aliphatic carbocycles. The average molecular weight is 413 g/mol. The van der Waals surface area contributed by atoms with Crippen LogP contribution in [-0.4, -0.2) is 22.6 Å². The maximum Gasteiger partial charge on any atom is 0.338 e. The van der Waals surface area contributed by atoms with Crippen molar-refractivity contribution in [1.29, 1.82) is 0 Å². The molecule has 0 aliphatic rings. The summed E-state index contributed by atoms with van der Waals surface area (Å²) in [6.07, 6.45) is 1.95. The average Bonchev–Trinajstić information content (AvgIpc) is 2.95. The second-order valence-corrected chi connectivity index (χ2v) is 6.94. The first kappa shape index (κ1) is 16.7. The summed E-state index contributed by atoms with van der Waals surface area (Å²) < 4.78 is 21.6. The summed E-state index contributed by atoms with van der Waals surface area (Å²) in [5.74, 6) is -0.884. The van der Waals surface area contributed by atoms with Crippen LogP contribution in [0.3, 0.4) is 0 Å². The standard InChI is InChI=1S/C20H14BrFN2O2/c1-24-10-16(14-7-11(21)3-6-19(14)24)18-9-15(20(25)26-2)13-5-4-12(22)8-17(13)23-18/h3-10H,1-2H3. The van der Waals surface area contributed by atoms with Gasteiger partial charge in [0.1, 0.15) is 5.82 Å². The van der Waals surface area contributed by atoms with E-state index in [0.717, 1.165) is 20.9 Å². The van der Waals surface area contributed by atoms with E-state index in [-0.39, 0.29) is 0 Å². The van der Waals surface area contributed by atoms with Crippen LogP contribution >= 0.6 is 15.9 Å². The first-order valence-electron chi connectivity index (χ1n) is 7.91. The molecule has 0 unspecified atom stereocenters. The summed E-state index contributed by atoms with van der Waals surface area (Å²) in [4.78, 5) is 16.9. The van der Waals surface area contributed by atoms with Gasteiger partial charge in [-0.15, -0.1) is 0 Å². The molecule has 0 radical (unpaired) electrons. The summed E-state index contributed by atoms with van der Waals surface area (Å²) in [6, 6.07) is 11.9. The number of rotatable bonds is 2. The van der Waals surface area contributed by atoms with Crippen LogP contribution in [0.1, 0.15) is 10.4 Å². The van der Waals surface area contributed by atoms with Gasteiger partial charge in [-0.3, -0.25) is 0 Å². The van der Waals surface area contributed by atoms with Gasteiger partial charge in [0.2, 0.25) is 0 Å². The molecule has 2 aromatic carbocycles. The van der Waals surface area contributed by atoms with Crippen LogP contribution < -0.4 is 0 Å². The fourth-order valence-electron chi connectivity index (χ4n) is 3.19. The minimum Gasteiger partial charge on any atom is -0.465 e. The molecular formula is C20H14BrFN2O2. The molecule has 2 heterocycles. The smallest absolute Gasteiger partial charge is 0.338 e. The number of methoxy groups -OCH3 is 1. The van der Waals surface area contributed by atoms with E-state index in [2.05, 4.69) is 20.9 Å². The Hall–Kier alpha value is -2.73. The number of benzene rings is 2. The SMILES string of the molecule is COC(=O)c1cc(-c2cn(C)c3ccc(Br)cc23)nc2cc(F)ccc12. The first-order valence-corrected chi connectivity index (χ1v) is 8.71. The second kappa shape index (κ2) is 6.21. The highest BCUT2D eigenvalue weighted by Gasteiger charge is 2.17. The van der Waals surface area contributed by atoms with Gasteiger partial charge in [0.25, 0.3) is 0 Å². The number of nitrogens with zero attached hydrogens (tertiary/aromatic N) is 2. The number of hydrogen-bond acceptors (Lipinski definition) is 3. The minimum absolute atomic E-state index is 0.361. The van der Waals surface area contributed by atoms with E-state index >= 15 is 0 Å². The topological polar surface area (TPSA) is 44.1 Å². The molecule has 0 atom stereocenters. The Morgan fingerprint density at radius 1 is 1.15 bits per heavy atom. The van der Waals surface area contributed by atoms with Crippen molar-refractivity contribution in [3.05, 3.63) is 64.5 Å². The van der Waals surface area contributed by atoms with Crippen LogP contribution in [0.25, 0.3) is 33.1 Å². The molecular weight excluding hydrogens is 399 g/mol. The Bertz CT molecular complexity index is 1180. The van der Waals surface area contributed by atoms with Gasteiger partial charge in [-0.1, -0.05) is 15.9 Å². The first-order chi connectivity index (χ1) is 12.5. The molecule has 0 N–H and O–H groups in total. The Morgan fingerprint density at radius 3 is 2.73 bits per heavy atom. The van der Waals surface area contributed by atoms with Crippen LogP contribution in [0.15, 0.2) is 53.1 Å². The molecule has 4 nitrogen and oxygen atoms in total. The third-order valence-electron chi connectivity index (χ3n) is 4.40. The number of aromatic nitrogens is 2. The molecule has 130 valence electrons. The lowest BCUT2D eigenvalue weighted by Gasteiger charge is -2.08. The van der Waals surface area contributed by atoms with E-state index in [1.807, 2.05) is 36.0 Å². The predicted molar refractivity (Wildman–Crippen MR) is 103 cm³/mol. The Kier molecular flexibility index (Phi) is 4.00. The van der Waals surface area contributed by atoms with Crippen molar-refractivity contribution < 1.29 is 13.9 Å². The zero-order chi connectivity index (χ0) is 18.4. The molecule has 0 saturated heterocycles. The normalized spacial score (nSPS) is 11.2. The third kappa shape index (κ3) is 2.66. The molecule has 26 heavy (non-hydrogen) atoms. The Balaban J connectivity index is 2.06. The van der Waals surface area contributed by atoms with Crippen LogP contribution in [-0.2, 0) is 11.8 Å². The summed E-state index contributed by atoms with van der Waals surface area (Å²) in [7, 11) is 3.27. The molecule has 0 aliphatic heterocycles. The maximum absolute atomic E-state index is 13.7. The van der Waals surface area contributed by atoms with Gasteiger partial charge in [0.15, 0.2) is 0 Å². The number of fused-ring (bicyclic) bond motifs is 2. The monoisotopic (exact) mass is 412 g/mol. The minimum atomic E-state index is -0.480. The van der Waals surface area contributed by atoms with Crippen LogP contribution in [0.4, 0.5) is 4.39 Å². The third-order valence-corrected chi connectivity index (χ3v) is 4.90. The second-order valence-electron chi connectivity index (χ2n) is 6.02. The zero-order valence-corrected chi connectivity index (χ0v) is 15.7. The maximum atomic E-state index is 13.7. The summed E-state index contributed by atoms with van der Waals surface area (Å²) >= 11 is 3.49. The van der Waals surface area contributed by atoms with Crippen LogP contribution in [0, 0.1) is 5.82 Å². The fraction of sp³-hybridized carbons (Fsp3) is 0.100. The van der Waals surface area contributed by atoms with Gasteiger partial charge in [0.05, 0.1) is 23.9 Å². The van der Waals surface area contributed by atoms with Gasteiger partial charge in [-0.05, 0) is 36.4 Å². The number of ether oxygens (including phenoxy) is 1. The molecule has 2 aromatic heterocycles. The predicted octanol–water partition coefficient (Wildman–Crippen LogP) is 5.08. The lowest BCUT2D eigenvalue weighted by atomic mass is 10.0. The van der Waals surface area contributed by atoms with E-state index in [0.29, 0.717) is 22.2 Å². The molecule has 6 heteroatoms. The van der Waals surface area contributed by atoms with Crippen molar-refractivity contribution in [2.75, 3.05) is 7.11 Å². The van der Waals surface area contributed by atoms with Gasteiger partial charge >= 0.3 is 5.97 Å². The number of hydrogen-bond donors (Lipinski definition) is 0. The van der Waals surface area contributed by atoms with Gasteiger partial charge in [-0.2, -0.15) is 0 Å². The zero-order valence-electron chi connectivity index (χ0n) is 14.1. The number of carbonyl (C=O) groups excluding carboxylic acids is 1. The summed E-state index contributed by atoms with van der Waals surface area (Å²) in [6.45, 7) is 0. The lowest BCUT2D eigenvalue weighted by Crippen LogP contribution is -2.04. The van der Waals surface area contributed by atoms with Gasteiger partial charge in [-0.25, -0.2) is 14.2 Å². The van der Waals surface area contributed by atoms with Crippen molar-refractivity contribution in [2.45, 2.75) is 0 Å². The summed E-state index contributed by atoms with van der Waals surface area (Å²) in [5.41, 5.74) is 3.26. The fourth-order valence-corrected chi connectivity index (χ4v) is 3.55. The van der Waals surface area contributed by atoms with E-state index in [9.17, 15) is 9.18 Å². The molecule has 0 amide bonds. The molecule has 0 spiro atoms. The van der Waals surface area contributed by atoms with Crippen molar-refractivity contribution in [1.82, 2.24) is 9.55 Å². The van der Waals surface area contributed by atoms with E-state index < -0.39 is 11.8 Å². The molecule has 0 saturated carbocycles. The number of esters is 1. The lowest BCUT2D eigenvalue weighted by molar-refractivity contribution is 0.0603. The van der Waals surface area contributed by atoms with Crippen LogP contribution in [0.5, 0.6) is 0 Å². The largest absolute Gasteiger partial charge is 0.465 e. The van der Waals surface area contributed by atoms with Crippen molar-refractivity contribution in [3.8, 4) is 11.3 Å². The molecule has 4 aromatic rings. The highest BCUT2D eigenvalue weighted by atomic mass is 79.9. The van der Waals surface area contributed by atoms with E-state index in [1.165, 1.54) is 19.2 Å².